The Hall–Kier alpha value is -2.14. The molecule has 0 aliphatic rings. The number of aryl methyl sites for hydroxylation is 1. The fourth-order valence-corrected chi connectivity index (χ4v) is 1.94. The summed E-state index contributed by atoms with van der Waals surface area (Å²) in [4.78, 5) is 12.1. The highest BCUT2D eigenvalue weighted by Gasteiger charge is 2.10. The van der Waals surface area contributed by atoms with Crippen LogP contribution in [0.25, 0.3) is 0 Å². The number of carbonyl (C=O) groups is 1. The third-order valence-electron chi connectivity index (χ3n) is 2.87. The van der Waals surface area contributed by atoms with E-state index in [2.05, 4.69) is 10.4 Å². The van der Waals surface area contributed by atoms with E-state index in [1.54, 1.807) is 4.68 Å². The first-order chi connectivity index (χ1) is 9.20. The van der Waals surface area contributed by atoms with Crippen LogP contribution in [0.15, 0.2) is 36.5 Å². The lowest BCUT2D eigenvalue weighted by Gasteiger charge is -2.08. The van der Waals surface area contributed by atoms with Gasteiger partial charge in [-0.1, -0.05) is 18.2 Å². The van der Waals surface area contributed by atoms with Crippen LogP contribution in [0, 0.1) is 0 Å². The number of rotatable bonds is 5. The molecule has 0 bridgehead atoms. The molecule has 0 fully saturated rings. The van der Waals surface area contributed by atoms with Crippen molar-refractivity contribution in [3.05, 3.63) is 53.3 Å². The Morgan fingerprint density at radius 2 is 2.16 bits per heavy atom. The summed E-state index contributed by atoms with van der Waals surface area (Å²) in [5.41, 5.74) is 8.05. The minimum atomic E-state index is -0.0882. The normalized spacial score (nSPS) is 10.4. The number of hydrogen-bond acceptors (Lipinski definition) is 3. The third kappa shape index (κ3) is 3.42. The highest BCUT2D eigenvalue weighted by atomic mass is 16.1. The molecule has 1 heterocycles. The Morgan fingerprint density at radius 1 is 1.37 bits per heavy atom. The summed E-state index contributed by atoms with van der Waals surface area (Å²) < 4.78 is 1.71. The molecular weight excluding hydrogens is 240 g/mol. The van der Waals surface area contributed by atoms with E-state index in [0.717, 1.165) is 11.3 Å². The van der Waals surface area contributed by atoms with Crippen LogP contribution in [0.2, 0.25) is 0 Å². The van der Waals surface area contributed by atoms with Gasteiger partial charge in [-0.2, -0.15) is 5.10 Å². The van der Waals surface area contributed by atoms with Crippen LogP contribution < -0.4 is 11.1 Å². The van der Waals surface area contributed by atoms with E-state index in [-0.39, 0.29) is 5.91 Å². The SMILES string of the molecule is Cn1ccc(CNC(=O)c2ccccc2CCN)n1. The summed E-state index contributed by atoms with van der Waals surface area (Å²) in [5, 5.41) is 7.09. The fourth-order valence-electron chi connectivity index (χ4n) is 1.94. The maximum atomic E-state index is 12.1. The Kier molecular flexibility index (Phi) is 4.30. The first-order valence-corrected chi connectivity index (χ1v) is 6.25. The summed E-state index contributed by atoms with van der Waals surface area (Å²) in [6.45, 7) is 0.959. The van der Waals surface area contributed by atoms with Crippen molar-refractivity contribution in [1.82, 2.24) is 15.1 Å². The molecule has 0 atom stereocenters. The molecule has 100 valence electrons. The van der Waals surface area contributed by atoms with Gasteiger partial charge in [0.25, 0.3) is 5.91 Å². The fraction of sp³-hybridized carbons (Fsp3) is 0.286. The predicted molar refractivity (Wildman–Crippen MR) is 73.6 cm³/mol. The van der Waals surface area contributed by atoms with Crippen LogP contribution >= 0.6 is 0 Å². The van der Waals surface area contributed by atoms with E-state index in [9.17, 15) is 4.79 Å². The molecule has 0 aliphatic carbocycles. The zero-order valence-electron chi connectivity index (χ0n) is 11.0. The standard InChI is InChI=1S/C14H18N4O/c1-18-9-7-12(17-18)10-16-14(19)13-5-3-2-4-11(13)6-8-15/h2-5,7,9H,6,8,10,15H2,1H3,(H,16,19). The Labute approximate surface area is 112 Å². The van der Waals surface area contributed by atoms with E-state index in [4.69, 9.17) is 5.73 Å². The van der Waals surface area contributed by atoms with Crippen LogP contribution in [0.5, 0.6) is 0 Å². The molecule has 1 amide bonds. The molecule has 2 rings (SSSR count). The number of benzene rings is 1. The number of amides is 1. The van der Waals surface area contributed by atoms with Crippen molar-refractivity contribution in [2.45, 2.75) is 13.0 Å². The summed E-state index contributed by atoms with van der Waals surface area (Å²) in [5.74, 6) is -0.0882. The Bertz CT molecular complexity index is 562. The second-order valence-corrected chi connectivity index (χ2v) is 4.36. The molecule has 19 heavy (non-hydrogen) atoms. The van der Waals surface area contributed by atoms with Crippen LogP contribution in [0.4, 0.5) is 0 Å². The zero-order chi connectivity index (χ0) is 13.7. The highest BCUT2D eigenvalue weighted by Crippen LogP contribution is 2.09. The maximum Gasteiger partial charge on any atom is 0.251 e. The van der Waals surface area contributed by atoms with Gasteiger partial charge < -0.3 is 11.1 Å². The second kappa shape index (κ2) is 6.15. The quantitative estimate of drug-likeness (QED) is 0.835. The van der Waals surface area contributed by atoms with Gasteiger partial charge in [0.1, 0.15) is 0 Å². The van der Waals surface area contributed by atoms with Crippen LogP contribution in [-0.2, 0) is 20.0 Å². The van der Waals surface area contributed by atoms with E-state index >= 15 is 0 Å². The van der Waals surface area contributed by atoms with Crippen LogP contribution in [0.3, 0.4) is 0 Å². The van der Waals surface area contributed by atoms with Crippen molar-refractivity contribution in [2.75, 3.05) is 6.54 Å². The van der Waals surface area contributed by atoms with Gasteiger partial charge in [0.05, 0.1) is 12.2 Å². The average molecular weight is 258 g/mol. The number of nitrogens with two attached hydrogens (primary N) is 1. The van der Waals surface area contributed by atoms with Crippen molar-refractivity contribution in [1.29, 1.82) is 0 Å². The van der Waals surface area contributed by atoms with Crippen LogP contribution in [0.1, 0.15) is 21.6 Å². The third-order valence-corrected chi connectivity index (χ3v) is 2.87. The zero-order valence-corrected chi connectivity index (χ0v) is 11.0. The van der Waals surface area contributed by atoms with Gasteiger partial charge in [-0.3, -0.25) is 9.48 Å². The maximum absolute atomic E-state index is 12.1. The van der Waals surface area contributed by atoms with Crippen molar-refractivity contribution < 1.29 is 4.79 Å². The molecule has 0 radical (unpaired) electrons. The van der Waals surface area contributed by atoms with Gasteiger partial charge in [0.15, 0.2) is 0 Å². The van der Waals surface area contributed by atoms with E-state index in [1.807, 2.05) is 43.6 Å². The molecule has 0 saturated carbocycles. The molecular formula is C14H18N4O. The number of hydrogen-bond donors (Lipinski definition) is 2. The molecule has 5 heteroatoms. The van der Waals surface area contributed by atoms with Gasteiger partial charge in [-0.25, -0.2) is 0 Å². The van der Waals surface area contributed by atoms with Gasteiger partial charge in [-0.15, -0.1) is 0 Å². The minimum Gasteiger partial charge on any atom is -0.346 e. The monoisotopic (exact) mass is 258 g/mol. The molecule has 0 spiro atoms. The number of nitrogens with zero attached hydrogens (tertiary/aromatic N) is 2. The van der Waals surface area contributed by atoms with E-state index in [1.165, 1.54) is 0 Å². The first-order valence-electron chi connectivity index (χ1n) is 6.25. The van der Waals surface area contributed by atoms with Gasteiger partial charge in [0.2, 0.25) is 0 Å². The summed E-state index contributed by atoms with van der Waals surface area (Å²) >= 11 is 0. The number of nitrogens with one attached hydrogen (secondary N) is 1. The summed E-state index contributed by atoms with van der Waals surface area (Å²) in [6, 6.07) is 9.41. The van der Waals surface area contributed by atoms with Crippen molar-refractivity contribution in [3.8, 4) is 0 Å². The molecule has 1 aromatic heterocycles. The van der Waals surface area contributed by atoms with E-state index in [0.29, 0.717) is 25.1 Å². The van der Waals surface area contributed by atoms with Crippen LogP contribution in [-0.4, -0.2) is 22.2 Å². The lowest BCUT2D eigenvalue weighted by molar-refractivity contribution is 0.0949. The van der Waals surface area contributed by atoms with Gasteiger partial charge in [-0.05, 0) is 30.7 Å². The number of aromatic nitrogens is 2. The van der Waals surface area contributed by atoms with Gasteiger partial charge >= 0.3 is 0 Å². The molecule has 0 unspecified atom stereocenters. The lowest BCUT2D eigenvalue weighted by Crippen LogP contribution is -2.24. The summed E-state index contributed by atoms with van der Waals surface area (Å²) in [7, 11) is 1.85. The Morgan fingerprint density at radius 3 is 2.84 bits per heavy atom. The minimum absolute atomic E-state index is 0.0882. The Balaban J connectivity index is 2.03. The largest absolute Gasteiger partial charge is 0.346 e. The predicted octanol–water partition coefficient (Wildman–Crippen LogP) is 0.851. The van der Waals surface area contributed by atoms with Crippen molar-refractivity contribution in [3.63, 3.8) is 0 Å². The number of carbonyl (C=O) groups excluding carboxylic acids is 1. The van der Waals surface area contributed by atoms with E-state index < -0.39 is 0 Å². The highest BCUT2D eigenvalue weighted by molar-refractivity contribution is 5.95. The lowest BCUT2D eigenvalue weighted by atomic mass is 10.0. The average Bonchev–Trinajstić information content (AvgIpc) is 2.83. The molecule has 2 aromatic rings. The topological polar surface area (TPSA) is 72.9 Å². The molecule has 0 aliphatic heterocycles. The molecule has 3 N–H and O–H groups in total. The molecule has 0 saturated heterocycles. The molecule has 1 aromatic carbocycles. The first kappa shape index (κ1) is 13.3. The van der Waals surface area contributed by atoms with Crippen molar-refractivity contribution in [2.24, 2.45) is 12.8 Å². The second-order valence-electron chi connectivity index (χ2n) is 4.36. The van der Waals surface area contributed by atoms with Crippen molar-refractivity contribution >= 4 is 5.91 Å². The summed E-state index contributed by atoms with van der Waals surface area (Å²) in [6.07, 6.45) is 2.55. The molecule has 5 nitrogen and oxygen atoms in total. The smallest absolute Gasteiger partial charge is 0.251 e. The van der Waals surface area contributed by atoms with Gasteiger partial charge in [0, 0.05) is 18.8 Å².